The van der Waals surface area contributed by atoms with Gasteiger partial charge in [0.15, 0.2) is 0 Å². The number of nitrogens with two attached hydrogens (primary N) is 1. The molecule has 51 heavy (non-hydrogen) atoms. The number of nitrogens with one attached hydrogen (secondary N) is 3. The Labute approximate surface area is 319 Å². The summed E-state index contributed by atoms with van der Waals surface area (Å²) in [7, 11) is 2.01. The van der Waals surface area contributed by atoms with Crippen molar-refractivity contribution in [1.29, 1.82) is 0 Å². The molecular weight excluding hydrogens is 645 g/mol. The largest absolute Gasteiger partial charge is 0.405 e. The van der Waals surface area contributed by atoms with Gasteiger partial charge in [-0.2, -0.15) is 0 Å². The van der Waals surface area contributed by atoms with Gasteiger partial charge < -0.3 is 26.6 Å². The van der Waals surface area contributed by atoms with Gasteiger partial charge in [0, 0.05) is 41.8 Å². The van der Waals surface area contributed by atoms with Crippen molar-refractivity contribution in [2.75, 3.05) is 26.7 Å². The Morgan fingerprint density at radius 3 is 2.16 bits per heavy atom. The van der Waals surface area contributed by atoms with E-state index in [1.54, 1.807) is 11.3 Å². The van der Waals surface area contributed by atoms with Crippen molar-refractivity contribution >= 4 is 17.0 Å². The fourth-order valence-corrected chi connectivity index (χ4v) is 6.78. The van der Waals surface area contributed by atoms with Crippen LogP contribution in [0, 0.1) is 11.8 Å². The molecule has 1 aromatic heterocycles. The van der Waals surface area contributed by atoms with Crippen LogP contribution in [0.15, 0.2) is 79.6 Å². The number of allylic oxidation sites excluding steroid dienone is 1. The second kappa shape index (κ2) is 29.5. The molecule has 0 fully saturated rings. The van der Waals surface area contributed by atoms with Crippen LogP contribution in [0.3, 0.4) is 0 Å². The molecule has 2 rings (SSSR count). The van der Waals surface area contributed by atoms with Crippen molar-refractivity contribution in [3.05, 3.63) is 95.9 Å². The fourth-order valence-electron chi connectivity index (χ4n) is 5.87. The normalized spacial score (nSPS) is 13.0. The molecule has 0 radical (unpaired) electrons. The highest BCUT2D eigenvalue weighted by atomic mass is 32.1. The molecule has 0 amide bonds. The Hall–Kier alpha value is -3.03. The van der Waals surface area contributed by atoms with Crippen LogP contribution in [0.1, 0.15) is 135 Å². The molecule has 6 nitrogen and oxygen atoms in total. The molecule has 0 saturated carbocycles. The first-order valence-corrected chi connectivity index (χ1v) is 20.6. The summed E-state index contributed by atoms with van der Waals surface area (Å²) in [4.78, 5) is 7.68. The summed E-state index contributed by atoms with van der Waals surface area (Å²) in [6, 6.07) is 11.0. The molecule has 290 valence electrons. The summed E-state index contributed by atoms with van der Waals surface area (Å²) in [5.41, 5.74) is 9.95. The zero-order valence-electron chi connectivity index (χ0n) is 34.3. The number of unbranched alkanes of at least 4 members (excludes halogenated alkanes) is 3. The van der Waals surface area contributed by atoms with Gasteiger partial charge in [-0.15, -0.1) is 11.3 Å². The first-order chi connectivity index (χ1) is 24.4. The summed E-state index contributed by atoms with van der Waals surface area (Å²) in [5, 5.41) is 13.6. The molecule has 0 aliphatic heterocycles. The average Bonchev–Trinajstić information content (AvgIpc) is 3.62. The van der Waals surface area contributed by atoms with E-state index in [2.05, 4.69) is 144 Å². The molecular formula is C44H78N6S. The lowest BCUT2D eigenvalue weighted by Gasteiger charge is -2.39. The van der Waals surface area contributed by atoms with Crippen molar-refractivity contribution < 1.29 is 0 Å². The SMILES string of the molecule is C=C(NC(Cc1ccccc1)C(=C)NCCC)c1csc(C(C)CC(C(C)C)N(CCC)C(=C)C[C@@H](C)CC)n1.C=CN.CCCCCCNC. The number of nitrogens with zero attached hydrogens (tertiary/aromatic N) is 2. The van der Waals surface area contributed by atoms with Crippen molar-refractivity contribution in [2.24, 2.45) is 17.6 Å². The lowest BCUT2D eigenvalue weighted by atomic mass is 9.90. The van der Waals surface area contributed by atoms with Gasteiger partial charge in [0.2, 0.25) is 0 Å². The van der Waals surface area contributed by atoms with Gasteiger partial charge in [-0.1, -0.05) is 138 Å². The van der Waals surface area contributed by atoms with Crippen LogP contribution in [0.2, 0.25) is 0 Å². The van der Waals surface area contributed by atoms with E-state index in [1.165, 1.54) is 61.1 Å². The molecule has 0 aliphatic rings. The lowest BCUT2D eigenvalue weighted by molar-refractivity contribution is 0.172. The Bertz CT molecular complexity index is 1180. The fraction of sp³-hybridized carbons (Fsp3) is 0.614. The highest BCUT2D eigenvalue weighted by Crippen LogP contribution is 2.32. The molecule has 1 heterocycles. The Morgan fingerprint density at radius 1 is 0.941 bits per heavy atom. The zero-order valence-corrected chi connectivity index (χ0v) is 35.1. The predicted octanol–water partition coefficient (Wildman–Crippen LogP) is 10.9. The van der Waals surface area contributed by atoms with E-state index in [0.29, 0.717) is 23.8 Å². The standard InChI is InChI=1S/C35H56N4S.C7H17N.C2H5N/c1-11-19-36-29(9)32(23-31-17-15-14-16-18-31)37-30(10)33-24-40-35(38-33)27(7)22-34(25(4)5)39(20-12-2)28(8)21-26(6)13-3;1-3-4-5-6-7-8-2;1-2-3/h14-18,24-27,32,34,36-37H,8-13,19-23H2,1-7H3;8H,3-7H2,1-2H3;2H,1,3H2/t26-,27?,32?,34?;;/m0../s1. The monoisotopic (exact) mass is 723 g/mol. The van der Waals surface area contributed by atoms with E-state index in [1.807, 2.05) is 7.05 Å². The third kappa shape index (κ3) is 20.6. The van der Waals surface area contributed by atoms with E-state index in [9.17, 15) is 0 Å². The second-order valence-corrected chi connectivity index (χ2v) is 15.1. The van der Waals surface area contributed by atoms with Gasteiger partial charge in [-0.3, -0.25) is 0 Å². The van der Waals surface area contributed by atoms with Crippen molar-refractivity contribution in [3.8, 4) is 0 Å². The molecule has 2 aromatic rings. The predicted molar refractivity (Wildman–Crippen MR) is 230 cm³/mol. The van der Waals surface area contributed by atoms with E-state index >= 15 is 0 Å². The number of rotatable bonds is 25. The number of hydrogen-bond acceptors (Lipinski definition) is 7. The summed E-state index contributed by atoms with van der Waals surface area (Å²) >= 11 is 1.75. The number of thiazole rings is 1. The molecule has 0 bridgehead atoms. The zero-order chi connectivity index (χ0) is 38.6. The molecule has 0 aliphatic carbocycles. The minimum Gasteiger partial charge on any atom is -0.405 e. The molecule has 1 aromatic carbocycles. The van der Waals surface area contributed by atoms with Crippen LogP contribution in [-0.4, -0.2) is 48.6 Å². The maximum Gasteiger partial charge on any atom is 0.0967 e. The van der Waals surface area contributed by atoms with Crippen LogP contribution in [0.5, 0.6) is 0 Å². The maximum atomic E-state index is 5.08. The minimum absolute atomic E-state index is 0.0356. The topological polar surface area (TPSA) is 78.2 Å². The van der Waals surface area contributed by atoms with Crippen LogP contribution in [-0.2, 0) is 6.42 Å². The average molecular weight is 723 g/mol. The van der Waals surface area contributed by atoms with Gasteiger partial charge in [0.05, 0.1) is 22.4 Å². The van der Waals surface area contributed by atoms with E-state index in [0.717, 1.165) is 62.3 Å². The summed E-state index contributed by atoms with van der Waals surface area (Å²) in [6.45, 7) is 37.9. The molecule has 5 N–H and O–H groups in total. The number of hydrogen-bond donors (Lipinski definition) is 4. The first-order valence-electron chi connectivity index (χ1n) is 19.7. The van der Waals surface area contributed by atoms with E-state index in [4.69, 9.17) is 4.98 Å². The highest BCUT2D eigenvalue weighted by molar-refractivity contribution is 7.09. The third-order valence-corrected chi connectivity index (χ3v) is 10.2. The molecule has 0 spiro atoms. The summed E-state index contributed by atoms with van der Waals surface area (Å²) < 4.78 is 0. The summed E-state index contributed by atoms with van der Waals surface area (Å²) in [6.07, 6.45) is 13.1. The minimum atomic E-state index is 0.0356. The number of aromatic nitrogens is 1. The second-order valence-electron chi connectivity index (χ2n) is 14.2. The maximum absolute atomic E-state index is 5.08. The van der Waals surface area contributed by atoms with E-state index < -0.39 is 0 Å². The van der Waals surface area contributed by atoms with E-state index in [-0.39, 0.29) is 6.04 Å². The van der Waals surface area contributed by atoms with Gasteiger partial charge >= 0.3 is 0 Å². The molecule has 3 unspecified atom stereocenters. The van der Waals surface area contributed by atoms with Gasteiger partial charge in [-0.25, -0.2) is 4.98 Å². The summed E-state index contributed by atoms with van der Waals surface area (Å²) in [5.74, 6) is 1.56. The van der Waals surface area contributed by atoms with Crippen LogP contribution >= 0.6 is 11.3 Å². The van der Waals surface area contributed by atoms with Crippen molar-refractivity contribution in [1.82, 2.24) is 25.8 Å². The lowest BCUT2D eigenvalue weighted by Crippen LogP contribution is -2.40. The van der Waals surface area contributed by atoms with Crippen LogP contribution < -0.4 is 21.7 Å². The Balaban J connectivity index is 0.00000197. The number of benzene rings is 1. The Morgan fingerprint density at radius 2 is 1.61 bits per heavy atom. The van der Waals surface area contributed by atoms with Crippen LogP contribution in [0.25, 0.3) is 5.70 Å². The van der Waals surface area contributed by atoms with Crippen molar-refractivity contribution in [3.63, 3.8) is 0 Å². The van der Waals surface area contributed by atoms with Gasteiger partial charge in [-0.05, 0) is 75.7 Å². The third-order valence-electron chi connectivity index (χ3n) is 9.10. The van der Waals surface area contributed by atoms with Gasteiger partial charge in [0.25, 0.3) is 0 Å². The molecule has 7 heteroatoms. The smallest absolute Gasteiger partial charge is 0.0967 e. The van der Waals surface area contributed by atoms with Crippen LogP contribution in [0.4, 0.5) is 0 Å². The van der Waals surface area contributed by atoms with Gasteiger partial charge in [0.1, 0.15) is 0 Å². The Kier molecular flexibility index (Phi) is 27.8. The quantitative estimate of drug-likeness (QED) is 0.0765. The molecule has 4 atom stereocenters. The highest BCUT2D eigenvalue weighted by Gasteiger charge is 2.27. The first kappa shape index (κ1) is 48.0. The van der Waals surface area contributed by atoms with Crippen molar-refractivity contribution in [2.45, 2.75) is 138 Å². The molecule has 0 saturated heterocycles.